The molecule has 1 saturated carbocycles. The summed E-state index contributed by atoms with van der Waals surface area (Å²) in [5.41, 5.74) is -0.657. The molecule has 1 aliphatic rings. The molecule has 0 aromatic heterocycles. The molecule has 4 nitrogen and oxygen atoms in total. The van der Waals surface area contributed by atoms with Crippen LogP contribution in [-0.2, 0) is 9.59 Å². The van der Waals surface area contributed by atoms with Crippen LogP contribution in [0.15, 0.2) is 24.3 Å². The Bertz CT molecular complexity index is 545. The zero-order chi connectivity index (χ0) is 15.0. The van der Waals surface area contributed by atoms with Crippen LogP contribution in [0.5, 0.6) is 0 Å². The lowest BCUT2D eigenvalue weighted by atomic mass is 10.0. The molecule has 1 aliphatic carbocycles. The van der Waals surface area contributed by atoms with E-state index in [0.29, 0.717) is 23.6 Å². The fourth-order valence-electron chi connectivity index (χ4n) is 1.96. The van der Waals surface area contributed by atoms with Gasteiger partial charge in [-0.15, -0.1) is 0 Å². The number of rotatable bonds is 3. The van der Waals surface area contributed by atoms with Crippen molar-refractivity contribution in [3.05, 3.63) is 29.3 Å². The number of hydrogen-bond acceptors (Lipinski definition) is 2. The molecule has 2 rings (SSSR count). The highest BCUT2D eigenvalue weighted by Crippen LogP contribution is 2.47. The highest BCUT2D eigenvalue weighted by Gasteiger charge is 2.57. The molecule has 0 radical (unpaired) electrons. The molecule has 2 amide bonds. The first-order valence-corrected chi connectivity index (χ1v) is 7.00. The number of nitrogens with one attached hydrogen (secondary N) is 2. The molecule has 0 unspecified atom stereocenters. The first kappa shape index (κ1) is 14.9. The molecular formula is C15H19ClN2O2. The van der Waals surface area contributed by atoms with Gasteiger partial charge in [-0.1, -0.05) is 17.7 Å². The molecule has 108 valence electrons. The maximum Gasteiger partial charge on any atom is 0.240 e. The first-order chi connectivity index (χ1) is 9.23. The van der Waals surface area contributed by atoms with Crippen molar-refractivity contribution in [2.75, 3.05) is 5.32 Å². The average molecular weight is 295 g/mol. The van der Waals surface area contributed by atoms with E-state index in [1.165, 1.54) is 0 Å². The summed E-state index contributed by atoms with van der Waals surface area (Å²) in [6, 6.07) is 6.90. The van der Waals surface area contributed by atoms with Crippen molar-refractivity contribution in [2.45, 2.75) is 39.2 Å². The summed E-state index contributed by atoms with van der Waals surface area (Å²) >= 11 is 5.88. The Hall–Kier alpha value is -1.55. The second-order valence-electron chi connectivity index (χ2n) is 6.25. The van der Waals surface area contributed by atoms with Crippen LogP contribution >= 0.6 is 11.6 Å². The molecule has 1 aromatic rings. The van der Waals surface area contributed by atoms with Crippen LogP contribution in [0.25, 0.3) is 0 Å². The number of benzene rings is 1. The Balaban J connectivity index is 2.07. The van der Waals surface area contributed by atoms with Crippen molar-refractivity contribution in [2.24, 2.45) is 5.41 Å². The third-order valence-electron chi connectivity index (χ3n) is 3.19. The maximum absolute atomic E-state index is 12.3. The topological polar surface area (TPSA) is 58.2 Å². The number of anilines is 1. The van der Waals surface area contributed by atoms with Gasteiger partial charge < -0.3 is 10.6 Å². The summed E-state index contributed by atoms with van der Waals surface area (Å²) in [6.45, 7) is 5.70. The SMILES string of the molecule is CC(C)(C)NC(=O)C1(C(=O)Nc2cccc(Cl)c2)CC1. The molecule has 0 saturated heterocycles. The van der Waals surface area contributed by atoms with Gasteiger partial charge in [-0.2, -0.15) is 0 Å². The Kier molecular flexibility index (Phi) is 3.78. The van der Waals surface area contributed by atoms with Crippen molar-refractivity contribution < 1.29 is 9.59 Å². The van der Waals surface area contributed by atoms with E-state index in [1.54, 1.807) is 24.3 Å². The van der Waals surface area contributed by atoms with Crippen LogP contribution in [0, 0.1) is 5.41 Å². The van der Waals surface area contributed by atoms with Gasteiger partial charge in [0.25, 0.3) is 0 Å². The lowest BCUT2D eigenvalue weighted by Gasteiger charge is -2.24. The summed E-state index contributed by atoms with van der Waals surface area (Å²) in [4.78, 5) is 24.6. The fraction of sp³-hybridized carbons (Fsp3) is 0.467. The smallest absolute Gasteiger partial charge is 0.240 e. The van der Waals surface area contributed by atoms with Crippen molar-refractivity contribution in [1.29, 1.82) is 0 Å². The molecule has 20 heavy (non-hydrogen) atoms. The third kappa shape index (κ3) is 3.31. The number of hydrogen-bond donors (Lipinski definition) is 2. The Morgan fingerprint density at radius 3 is 2.35 bits per heavy atom. The number of halogens is 1. The summed E-state index contributed by atoms with van der Waals surface area (Å²) in [7, 11) is 0. The van der Waals surface area contributed by atoms with E-state index < -0.39 is 5.41 Å². The molecule has 1 aromatic carbocycles. The summed E-state index contributed by atoms with van der Waals surface area (Å²) in [5, 5.41) is 6.19. The van der Waals surface area contributed by atoms with E-state index in [-0.39, 0.29) is 17.4 Å². The predicted octanol–water partition coefficient (Wildman–Crippen LogP) is 2.97. The van der Waals surface area contributed by atoms with Crippen LogP contribution < -0.4 is 10.6 Å². The quantitative estimate of drug-likeness (QED) is 0.842. The van der Waals surface area contributed by atoms with Gasteiger partial charge in [0, 0.05) is 16.2 Å². The van der Waals surface area contributed by atoms with Crippen molar-refractivity contribution in [3.63, 3.8) is 0 Å². The Morgan fingerprint density at radius 2 is 1.85 bits per heavy atom. The van der Waals surface area contributed by atoms with E-state index in [4.69, 9.17) is 11.6 Å². The molecule has 0 bridgehead atoms. The minimum Gasteiger partial charge on any atom is -0.351 e. The van der Waals surface area contributed by atoms with Crippen LogP contribution in [0.2, 0.25) is 5.02 Å². The van der Waals surface area contributed by atoms with Gasteiger partial charge in [0.2, 0.25) is 11.8 Å². The highest BCUT2D eigenvalue weighted by atomic mass is 35.5. The van der Waals surface area contributed by atoms with E-state index in [1.807, 2.05) is 20.8 Å². The minimum atomic E-state index is -0.921. The molecule has 0 spiro atoms. The fourth-order valence-corrected chi connectivity index (χ4v) is 2.15. The van der Waals surface area contributed by atoms with E-state index >= 15 is 0 Å². The van der Waals surface area contributed by atoms with Crippen LogP contribution in [0.4, 0.5) is 5.69 Å². The number of carbonyl (C=O) groups excluding carboxylic acids is 2. The van der Waals surface area contributed by atoms with Crippen LogP contribution in [-0.4, -0.2) is 17.4 Å². The second-order valence-corrected chi connectivity index (χ2v) is 6.69. The van der Waals surface area contributed by atoms with Crippen LogP contribution in [0.1, 0.15) is 33.6 Å². The molecule has 1 fully saturated rings. The molecule has 0 atom stereocenters. The van der Waals surface area contributed by atoms with Crippen LogP contribution in [0.3, 0.4) is 0 Å². The van der Waals surface area contributed by atoms with Gasteiger partial charge >= 0.3 is 0 Å². The van der Waals surface area contributed by atoms with E-state index in [0.717, 1.165) is 0 Å². The highest BCUT2D eigenvalue weighted by molar-refractivity contribution is 6.31. The lowest BCUT2D eigenvalue weighted by Crippen LogP contribution is -2.48. The average Bonchev–Trinajstić information content (AvgIpc) is 3.07. The van der Waals surface area contributed by atoms with Gasteiger partial charge in [-0.25, -0.2) is 0 Å². The normalized spacial score (nSPS) is 16.4. The van der Waals surface area contributed by atoms with Crippen molar-refractivity contribution in [3.8, 4) is 0 Å². The minimum absolute atomic E-state index is 0.204. The second kappa shape index (κ2) is 5.09. The number of amides is 2. The molecular weight excluding hydrogens is 276 g/mol. The van der Waals surface area contributed by atoms with E-state index in [2.05, 4.69) is 10.6 Å². The maximum atomic E-state index is 12.3. The van der Waals surface area contributed by atoms with Gasteiger partial charge in [-0.05, 0) is 51.8 Å². The standard InChI is InChI=1S/C15H19ClN2O2/c1-14(2,3)18-13(20)15(7-8-15)12(19)17-11-6-4-5-10(16)9-11/h4-6,9H,7-8H2,1-3H3,(H,17,19)(H,18,20). The molecule has 5 heteroatoms. The van der Waals surface area contributed by atoms with Gasteiger partial charge in [0.15, 0.2) is 0 Å². The third-order valence-corrected chi connectivity index (χ3v) is 3.43. The largest absolute Gasteiger partial charge is 0.351 e. The molecule has 0 aliphatic heterocycles. The first-order valence-electron chi connectivity index (χ1n) is 6.63. The Morgan fingerprint density at radius 1 is 1.20 bits per heavy atom. The summed E-state index contributed by atoms with van der Waals surface area (Å²) in [6.07, 6.45) is 1.17. The summed E-state index contributed by atoms with van der Waals surface area (Å²) < 4.78 is 0. The van der Waals surface area contributed by atoms with E-state index in [9.17, 15) is 9.59 Å². The Labute approximate surface area is 123 Å². The summed E-state index contributed by atoms with van der Waals surface area (Å²) in [5.74, 6) is -0.467. The zero-order valence-corrected chi connectivity index (χ0v) is 12.7. The van der Waals surface area contributed by atoms with Gasteiger partial charge in [-0.3, -0.25) is 9.59 Å². The monoisotopic (exact) mass is 294 g/mol. The molecule has 2 N–H and O–H groups in total. The lowest BCUT2D eigenvalue weighted by molar-refractivity contribution is -0.135. The van der Waals surface area contributed by atoms with Gasteiger partial charge in [0.1, 0.15) is 5.41 Å². The molecule has 0 heterocycles. The predicted molar refractivity (Wildman–Crippen MR) is 79.6 cm³/mol. The van der Waals surface area contributed by atoms with Crippen molar-refractivity contribution in [1.82, 2.24) is 5.32 Å². The van der Waals surface area contributed by atoms with Crippen molar-refractivity contribution >= 4 is 29.1 Å². The number of carbonyl (C=O) groups is 2. The van der Waals surface area contributed by atoms with Gasteiger partial charge in [0.05, 0.1) is 0 Å². The zero-order valence-electron chi connectivity index (χ0n) is 11.9.